The Labute approximate surface area is 79.0 Å². The lowest BCUT2D eigenvalue weighted by molar-refractivity contribution is -0.319. The van der Waals surface area contributed by atoms with Crippen molar-refractivity contribution >= 4 is 0 Å². The van der Waals surface area contributed by atoms with E-state index in [2.05, 4.69) is 0 Å². The van der Waals surface area contributed by atoms with Crippen LogP contribution < -0.4 is 0 Å². The van der Waals surface area contributed by atoms with Gasteiger partial charge < -0.3 is 14.6 Å². The highest BCUT2D eigenvalue weighted by atomic mass is 16.7. The van der Waals surface area contributed by atoms with Crippen LogP contribution in [0.1, 0.15) is 25.7 Å². The van der Waals surface area contributed by atoms with Crippen LogP contribution in [0.2, 0.25) is 0 Å². The zero-order valence-corrected chi connectivity index (χ0v) is 8.38. The van der Waals surface area contributed by atoms with Gasteiger partial charge in [-0.15, -0.1) is 0 Å². The summed E-state index contributed by atoms with van der Waals surface area (Å²) in [6.45, 7) is 0.342. The number of aliphatic hydroxyl groups is 1. The molecule has 76 valence electrons. The van der Waals surface area contributed by atoms with Gasteiger partial charge in [0.2, 0.25) is 0 Å². The molecule has 2 fully saturated rings. The van der Waals surface area contributed by atoms with E-state index < -0.39 is 0 Å². The van der Waals surface area contributed by atoms with Gasteiger partial charge in [-0.3, -0.25) is 0 Å². The fraction of sp³-hybridized carbons (Fsp3) is 1.00. The highest BCUT2D eigenvalue weighted by Gasteiger charge is 2.60. The lowest BCUT2D eigenvalue weighted by Crippen LogP contribution is -2.60. The number of aliphatic hydroxyl groups excluding tert-OH is 1. The molecule has 0 bridgehead atoms. The second-order valence-corrected chi connectivity index (χ2v) is 4.63. The molecule has 0 aliphatic heterocycles. The van der Waals surface area contributed by atoms with Gasteiger partial charge in [-0.1, -0.05) is 0 Å². The summed E-state index contributed by atoms with van der Waals surface area (Å²) >= 11 is 0. The molecular formula is C10H18O3. The summed E-state index contributed by atoms with van der Waals surface area (Å²) < 4.78 is 10.7. The predicted molar refractivity (Wildman–Crippen MR) is 48.2 cm³/mol. The number of rotatable bonds is 3. The lowest BCUT2D eigenvalue weighted by atomic mass is 9.49. The van der Waals surface area contributed by atoms with Crippen molar-refractivity contribution in [2.45, 2.75) is 31.5 Å². The third-order valence-electron chi connectivity index (χ3n) is 3.73. The Bertz CT molecular complexity index is 182. The van der Waals surface area contributed by atoms with Crippen molar-refractivity contribution in [3.63, 3.8) is 0 Å². The number of hydrogen-bond acceptors (Lipinski definition) is 3. The zero-order chi connectivity index (χ0) is 9.53. The van der Waals surface area contributed by atoms with E-state index in [1.807, 2.05) is 0 Å². The van der Waals surface area contributed by atoms with Gasteiger partial charge >= 0.3 is 0 Å². The first-order valence-corrected chi connectivity index (χ1v) is 4.89. The molecule has 0 aromatic heterocycles. The predicted octanol–water partition coefficient (Wildman–Crippen LogP) is 1.16. The van der Waals surface area contributed by atoms with Crippen molar-refractivity contribution in [1.29, 1.82) is 0 Å². The Hall–Kier alpha value is -0.120. The summed E-state index contributed by atoms with van der Waals surface area (Å²) in [5.41, 5.74) is 0.444. The van der Waals surface area contributed by atoms with E-state index in [1.54, 1.807) is 14.2 Å². The van der Waals surface area contributed by atoms with E-state index in [0.717, 1.165) is 25.7 Å². The molecule has 1 N–H and O–H groups in total. The Morgan fingerprint density at radius 1 is 1.23 bits per heavy atom. The van der Waals surface area contributed by atoms with E-state index in [0.29, 0.717) is 17.9 Å². The molecule has 1 spiro atoms. The van der Waals surface area contributed by atoms with Gasteiger partial charge in [0.05, 0.1) is 0 Å². The molecular weight excluding hydrogens is 168 g/mol. The van der Waals surface area contributed by atoms with Crippen LogP contribution in [0.5, 0.6) is 0 Å². The van der Waals surface area contributed by atoms with Crippen molar-refractivity contribution < 1.29 is 14.6 Å². The third-order valence-corrected chi connectivity index (χ3v) is 3.73. The molecule has 0 atom stereocenters. The van der Waals surface area contributed by atoms with E-state index >= 15 is 0 Å². The molecule has 13 heavy (non-hydrogen) atoms. The minimum Gasteiger partial charge on any atom is -0.396 e. The van der Waals surface area contributed by atoms with Crippen molar-refractivity contribution in [2.75, 3.05) is 20.8 Å². The Morgan fingerprint density at radius 2 is 1.77 bits per heavy atom. The zero-order valence-electron chi connectivity index (χ0n) is 8.38. The van der Waals surface area contributed by atoms with Crippen LogP contribution in [0.3, 0.4) is 0 Å². The normalized spacial score (nSPS) is 29.8. The molecule has 0 amide bonds. The highest BCUT2D eigenvalue weighted by molar-refractivity contribution is 5.07. The first-order chi connectivity index (χ1) is 6.17. The summed E-state index contributed by atoms with van der Waals surface area (Å²) in [7, 11) is 3.41. The number of ether oxygens (including phenoxy) is 2. The second-order valence-electron chi connectivity index (χ2n) is 4.63. The highest BCUT2D eigenvalue weighted by Crippen LogP contribution is 2.63. The third kappa shape index (κ3) is 1.30. The minimum atomic E-state index is -0.305. The summed E-state index contributed by atoms with van der Waals surface area (Å²) in [6, 6.07) is 0. The Balaban J connectivity index is 1.84. The monoisotopic (exact) mass is 186 g/mol. The quantitative estimate of drug-likeness (QED) is 0.672. The maximum atomic E-state index is 8.92. The minimum absolute atomic E-state index is 0.305. The summed E-state index contributed by atoms with van der Waals surface area (Å²) in [4.78, 5) is 0. The fourth-order valence-corrected chi connectivity index (χ4v) is 3.05. The van der Waals surface area contributed by atoms with E-state index in [4.69, 9.17) is 14.6 Å². The van der Waals surface area contributed by atoms with Crippen LogP contribution >= 0.6 is 0 Å². The van der Waals surface area contributed by atoms with Crippen molar-refractivity contribution in [2.24, 2.45) is 11.3 Å². The molecule has 2 saturated carbocycles. The SMILES string of the molecule is COC1(OC)CC2(CC(CO)C2)C1. The van der Waals surface area contributed by atoms with E-state index in [-0.39, 0.29) is 5.79 Å². The van der Waals surface area contributed by atoms with Gasteiger partial charge in [-0.2, -0.15) is 0 Å². The van der Waals surface area contributed by atoms with Gasteiger partial charge in [0.25, 0.3) is 0 Å². The van der Waals surface area contributed by atoms with E-state index in [9.17, 15) is 0 Å². The molecule has 0 radical (unpaired) electrons. The van der Waals surface area contributed by atoms with Gasteiger partial charge in [0, 0.05) is 33.7 Å². The smallest absolute Gasteiger partial charge is 0.168 e. The molecule has 0 aromatic rings. The standard InChI is InChI=1S/C10H18O3/c1-12-10(13-2)6-9(7-10)3-8(4-9)5-11/h8,11H,3-7H2,1-2H3. The van der Waals surface area contributed by atoms with Crippen LogP contribution in [0.15, 0.2) is 0 Å². The fourth-order valence-electron chi connectivity index (χ4n) is 3.05. The van der Waals surface area contributed by atoms with Crippen molar-refractivity contribution in [1.82, 2.24) is 0 Å². The molecule has 3 heteroatoms. The first-order valence-electron chi connectivity index (χ1n) is 4.89. The summed E-state index contributed by atoms with van der Waals surface area (Å²) in [6.07, 6.45) is 4.31. The van der Waals surface area contributed by atoms with Crippen LogP contribution in [0.4, 0.5) is 0 Å². The average Bonchev–Trinajstić information content (AvgIpc) is 2.02. The molecule has 2 rings (SSSR count). The summed E-state index contributed by atoms with van der Waals surface area (Å²) in [5.74, 6) is 0.229. The van der Waals surface area contributed by atoms with Crippen LogP contribution in [-0.4, -0.2) is 31.7 Å². The van der Waals surface area contributed by atoms with Crippen molar-refractivity contribution in [3.8, 4) is 0 Å². The van der Waals surface area contributed by atoms with Gasteiger partial charge in [0.1, 0.15) is 0 Å². The molecule has 0 saturated heterocycles. The van der Waals surface area contributed by atoms with Crippen molar-refractivity contribution in [3.05, 3.63) is 0 Å². The molecule has 3 nitrogen and oxygen atoms in total. The largest absolute Gasteiger partial charge is 0.396 e. The number of hydrogen-bond donors (Lipinski definition) is 1. The van der Waals surface area contributed by atoms with E-state index in [1.165, 1.54) is 0 Å². The molecule has 2 aliphatic carbocycles. The van der Waals surface area contributed by atoms with Crippen LogP contribution in [0.25, 0.3) is 0 Å². The molecule has 2 aliphatic rings. The first kappa shape index (κ1) is 9.44. The lowest BCUT2D eigenvalue weighted by Gasteiger charge is -2.61. The second kappa shape index (κ2) is 2.94. The molecule has 0 heterocycles. The maximum absolute atomic E-state index is 8.92. The van der Waals surface area contributed by atoms with Gasteiger partial charge in [0.15, 0.2) is 5.79 Å². The Morgan fingerprint density at radius 3 is 2.15 bits per heavy atom. The summed E-state index contributed by atoms with van der Waals surface area (Å²) in [5, 5.41) is 8.92. The topological polar surface area (TPSA) is 38.7 Å². The van der Waals surface area contributed by atoms with Crippen LogP contribution in [-0.2, 0) is 9.47 Å². The maximum Gasteiger partial charge on any atom is 0.168 e. The molecule has 0 unspecified atom stereocenters. The molecule has 0 aromatic carbocycles. The average molecular weight is 186 g/mol. The van der Waals surface area contributed by atoms with Gasteiger partial charge in [-0.05, 0) is 24.2 Å². The number of methoxy groups -OCH3 is 2. The Kier molecular flexibility index (Phi) is 2.13. The van der Waals surface area contributed by atoms with Crippen LogP contribution in [0, 0.1) is 11.3 Å². The van der Waals surface area contributed by atoms with Gasteiger partial charge in [-0.25, -0.2) is 0 Å².